The summed E-state index contributed by atoms with van der Waals surface area (Å²) in [5.74, 6) is 0. The third-order valence-corrected chi connectivity index (χ3v) is 6.54. The molecule has 0 N–H and O–H groups in total. The first-order chi connectivity index (χ1) is 11.1. The summed E-state index contributed by atoms with van der Waals surface area (Å²) in [5.41, 5.74) is 1.76. The molecule has 2 aromatic rings. The van der Waals surface area contributed by atoms with Crippen molar-refractivity contribution in [2.75, 3.05) is 13.2 Å². The van der Waals surface area contributed by atoms with Gasteiger partial charge in [-0.05, 0) is 43.5 Å². The quantitative estimate of drug-likeness (QED) is 0.513. The van der Waals surface area contributed by atoms with E-state index in [4.69, 9.17) is 9.05 Å². The Kier molecular flexibility index (Phi) is 7.04. The van der Waals surface area contributed by atoms with E-state index in [1.807, 2.05) is 68.4 Å². The first-order valence-electron chi connectivity index (χ1n) is 7.77. The number of benzene rings is 2. The first kappa shape index (κ1) is 18.4. The van der Waals surface area contributed by atoms with Crippen LogP contribution in [0.25, 0.3) is 0 Å². The molecule has 0 amide bonds. The van der Waals surface area contributed by atoms with Crippen molar-refractivity contribution < 1.29 is 13.6 Å². The molecule has 0 aromatic heterocycles. The summed E-state index contributed by atoms with van der Waals surface area (Å²) in [6.07, 6.45) is 0.606. The Morgan fingerprint density at radius 1 is 0.957 bits per heavy atom. The average molecular weight is 397 g/mol. The fourth-order valence-corrected chi connectivity index (χ4v) is 4.90. The van der Waals surface area contributed by atoms with Gasteiger partial charge in [-0.1, -0.05) is 58.4 Å². The van der Waals surface area contributed by atoms with Crippen LogP contribution in [0.4, 0.5) is 0 Å². The van der Waals surface area contributed by atoms with Crippen molar-refractivity contribution in [3.63, 3.8) is 0 Å². The molecule has 5 heteroatoms. The smallest absolute Gasteiger partial charge is 0.308 e. The van der Waals surface area contributed by atoms with Crippen LogP contribution in [0.2, 0.25) is 0 Å². The van der Waals surface area contributed by atoms with Gasteiger partial charge in [0.25, 0.3) is 0 Å². The highest BCUT2D eigenvalue weighted by Gasteiger charge is 2.36. The molecule has 0 saturated carbocycles. The summed E-state index contributed by atoms with van der Waals surface area (Å²) in [6, 6.07) is 17.9. The van der Waals surface area contributed by atoms with Gasteiger partial charge in [0.15, 0.2) is 0 Å². The maximum atomic E-state index is 13.3. The molecule has 0 heterocycles. The van der Waals surface area contributed by atoms with Crippen molar-refractivity contribution in [2.24, 2.45) is 0 Å². The summed E-state index contributed by atoms with van der Waals surface area (Å²) in [6.45, 7) is 4.41. The van der Waals surface area contributed by atoms with Crippen LogP contribution in [-0.2, 0) is 20.0 Å². The molecule has 2 rings (SSSR count). The third-order valence-electron chi connectivity index (χ3n) is 3.53. The number of rotatable bonds is 8. The fraction of sp³-hybridized carbons (Fsp3) is 0.333. The lowest BCUT2D eigenvalue weighted by Crippen LogP contribution is -2.09. The van der Waals surface area contributed by atoms with Gasteiger partial charge in [-0.25, -0.2) is 0 Å². The Hall–Kier alpha value is -0.930. The van der Waals surface area contributed by atoms with Crippen LogP contribution in [0.5, 0.6) is 0 Å². The second-order valence-electron chi connectivity index (χ2n) is 5.13. The Balaban J connectivity index is 2.38. The molecule has 124 valence electrons. The Morgan fingerprint density at radius 2 is 1.52 bits per heavy atom. The van der Waals surface area contributed by atoms with E-state index in [0.717, 1.165) is 15.6 Å². The molecule has 0 aliphatic carbocycles. The maximum absolute atomic E-state index is 13.3. The highest BCUT2D eigenvalue weighted by molar-refractivity contribution is 9.10. The number of hydrogen-bond donors (Lipinski definition) is 0. The number of hydrogen-bond acceptors (Lipinski definition) is 3. The van der Waals surface area contributed by atoms with Gasteiger partial charge in [0.2, 0.25) is 0 Å². The van der Waals surface area contributed by atoms with Crippen molar-refractivity contribution in [1.82, 2.24) is 0 Å². The predicted octanol–water partition coefficient (Wildman–Crippen LogP) is 6.00. The SMILES string of the molecule is CCOP(=O)(OCC)C(Cc1ccc(Br)cc1)c1ccccc1. The van der Waals surface area contributed by atoms with Gasteiger partial charge in [-0.3, -0.25) is 4.57 Å². The van der Waals surface area contributed by atoms with Gasteiger partial charge < -0.3 is 9.05 Å². The molecule has 0 saturated heterocycles. The average Bonchev–Trinajstić information content (AvgIpc) is 2.55. The topological polar surface area (TPSA) is 35.5 Å². The fourth-order valence-electron chi connectivity index (χ4n) is 2.51. The Bertz CT molecular complexity index is 633. The predicted molar refractivity (Wildman–Crippen MR) is 97.9 cm³/mol. The first-order valence-corrected chi connectivity index (χ1v) is 10.2. The molecule has 0 aliphatic heterocycles. The highest BCUT2D eigenvalue weighted by atomic mass is 79.9. The van der Waals surface area contributed by atoms with E-state index in [1.165, 1.54) is 0 Å². The van der Waals surface area contributed by atoms with Crippen LogP contribution < -0.4 is 0 Å². The zero-order valence-electron chi connectivity index (χ0n) is 13.4. The van der Waals surface area contributed by atoms with Gasteiger partial charge >= 0.3 is 7.60 Å². The standard InChI is InChI=1S/C18H22BrO3P/c1-3-21-23(20,22-4-2)18(16-8-6-5-7-9-16)14-15-10-12-17(19)13-11-15/h5-13,18H,3-4,14H2,1-2H3. The monoisotopic (exact) mass is 396 g/mol. The van der Waals surface area contributed by atoms with Crippen LogP contribution in [-0.4, -0.2) is 13.2 Å². The van der Waals surface area contributed by atoms with E-state index in [-0.39, 0.29) is 5.66 Å². The highest BCUT2D eigenvalue weighted by Crippen LogP contribution is 2.62. The van der Waals surface area contributed by atoms with E-state index in [1.54, 1.807) is 0 Å². The van der Waals surface area contributed by atoms with Crippen LogP contribution in [0.15, 0.2) is 59.1 Å². The zero-order valence-corrected chi connectivity index (χ0v) is 15.9. The molecule has 0 radical (unpaired) electrons. The van der Waals surface area contributed by atoms with Crippen LogP contribution in [0.1, 0.15) is 30.6 Å². The maximum Gasteiger partial charge on any atom is 0.338 e. The Labute approximate surface area is 146 Å². The number of halogens is 1. The summed E-state index contributed by atoms with van der Waals surface area (Å²) in [5, 5.41) is 0. The van der Waals surface area contributed by atoms with E-state index in [2.05, 4.69) is 15.9 Å². The molecular formula is C18H22BrO3P. The molecular weight excluding hydrogens is 375 g/mol. The van der Waals surface area contributed by atoms with Gasteiger partial charge in [0, 0.05) is 4.47 Å². The summed E-state index contributed by atoms with van der Waals surface area (Å²) < 4.78 is 25.6. The molecule has 2 aromatic carbocycles. The molecule has 0 spiro atoms. The minimum Gasteiger partial charge on any atom is -0.308 e. The van der Waals surface area contributed by atoms with Crippen LogP contribution in [0, 0.1) is 0 Å². The normalized spacial score (nSPS) is 13.0. The van der Waals surface area contributed by atoms with Crippen molar-refractivity contribution >= 4 is 23.5 Å². The van der Waals surface area contributed by atoms with Gasteiger partial charge in [0.05, 0.1) is 18.9 Å². The van der Waals surface area contributed by atoms with E-state index < -0.39 is 7.60 Å². The molecule has 0 bridgehead atoms. The lowest BCUT2D eigenvalue weighted by atomic mass is 10.0. The third kappa shape index (κ3) is 5.02. The molecule has 0 fully saturated rings. The Morgan fingerprint density at radius 3 is 2.04 bits per heavy atom. The zero-order chi connectivity index (χ0) is 16.7. The van der Waals surface area contributed by atoms with E-state index >= 15 is 0 Å². The van der Waals surface area contributed by atoms with Crippen molar-refractivity contribution in [1.29, 1.82) is 0 Å². The minimum absolute atomic E-state index is 0.315. The molecule has 1 unspecified atom stereocenters. The summed E-state index contributed by atoms with van der Waals surface area (Å²) in [7, 11) is -3.24. The minimum atomic E-state index is -3.24. The van der Waals surface area contributed by atoms with Crippen molar-refractivity contribution in [2.45, 2.75) is 25.9 Å². The second kappa shape index (κ2) is 8.79. The second-order valence-corrected chi connectivity index (χ2v) is 8.27. The van der Waals surface area contributed by atoms with Gasteiger partial charge in [-0.15, -0.1) is 0 Å². The lowest BCUT2D eigenvalue weighted by Gasteiger charge is -2.27. The largest absolute Gasteiger partial charge is 0.338 e. The lowest BCUT2D eigenvalue weighted by molar-refractivity contribution is 0.211. The molecule has 0 aliphatic rings. The van der Waals surface area contributed by atoms with Gasteiger partial charge in [-0.2, -0.15) is 0 Å². The summed E-state index contributed by atoms with van der Waals surface area (Å²) in [4.78, 5) is 0. The van der Waals surface area contributed by atoms with Gasteiger partial charge in [0.1, 0.15) is 0 Å². The van der Waals surface area contributed by atoms with Crippen LogP contribution >= 0.6 is 23.5 Å². The summed E-state index contributed by atoms with van der Waals surface area (Å²) >= 11 is 3.44. The molecule has 1 atom stereocenters. The van der Waals surface area contributed by atoms with E-state index in [0.29, 0.717) is 19.6 Å². The van der Waals surface area contributed by atoms with Crippen molar-refractivity contribution in [3.8, 4) is 0 Å². The van der Waals surface area contributed by atoms with Crippen molar-refractivity contribution in [3.05, 3.63) is 70.2 Å². The molecule has 3 nitrogen and oxygen atoms in total. The molecule has 23 heavy (non-hydrogen) atoms. The van der Waals surface area contributed by atoms with E-state index in [9.17, 15) is 4.57 Å². The van der Waals surface area contributed by atoms with Crippen LogP contribution in [0.3, 0.4) is 0 Å².